The van der Waals surface area contributed by atoms with Crippen LogP contribution in [0.2, 0.25) is 0 Å². The molecule has 2 aliphatic rings. The first-order valence-electron chi connectivity index (χ1n) is 19.9. The average molecular weight is 743 g/mol. The van der Waals surface area contributed by atoms with E-state index in [-0.39, 0.29) is 6.04 Å². The number of anilines is 5. The Hall–Kier alpha value is -7.56. The van der Waals surface area contributed by atoms with Gasteiger partial charge in [-0.25, -0.2) is 9.97 Å². The summed E-state index contributed by atoms with van der Waals surface area (Å²) >= 11 is 0. The van der Waals surface area contributed by atoms with Crippen molar-refractivity contribution in [1.82, 2.24) is 9.97 Å². The third-order valence-corrected chi connectivity index (χ3v) is 11.6. The van der Waals surface area contributed by atoms with Crippen LogP contribution in [-0.2, 0) is 6.42 Å². The van der Waals surface area contributed by atoms with Crippen LogP contribution in [0.1, 0.15) is 22.3 Å². The van der Waals surface area contributed by atoms with Gasteiger partial charge in [-0.15, -0.1) is 0 Å². The lowest BCUT2D eigenvalue weighted by Gasteiger charge is -2.39. The van der Waals surface area contributed by atoms with Gasteiger partial charge in [0.05, 0.1) is 17.2 Å². The van der Waals surface area contributed by atoms with Crippen molar-refractivity contribution >= 4 is 61.5 Å². The Morgan fingerprint density at radius 3 is 1.95 bits per heavy atom. The van der Waals surface area contributed by atoms with Crippen LogP contribution in [-0.4, -0.2) is 16.0 Å². The first-order valence-corrected chi connectivity index (χ1v) is 19.9. The van der Waals surface area contributed by atoms with Gasteiger partial charge in [-0.05, 0) is 123 Å². The topological polar surface area (TPSA) is 32.3 Å². The minimum atomic E-state index is -0.130. The van der Waals surface area contributed by atoms with Crippen LogP contribution in [0.25, 0.3) is 43.9 Å². The Morgan fingerprint density at radius 2 is 1.21 bits per heavy atom. The summed E-state index contributed by atoms with van der Waals surface area (Å²) in [5, 5.41) is 3.59. The monoisotopic (exact) mass is 742 g/mol. The van der Waals surface area contributed by atoms with Crippen molar-refractivity contribution in [2.24, 2.45) is 0 Å². The van der Waals surface area contributed by atoms with Crippen LogP contribution in [0.4, 0.5) is 28.7 Å². The van der Waals surface area contributed by atoms with Gasteiger partial charge in [0, 0.05) is 28.3 Å². The van der Waals surface area contributed by atoms with Crippen molar-refractivity contribution in [2.45, 2.75) is 12.5 Å². The van der Waals surface area contributed by atoms with Crippen molar-refractivity contribution in [1.29, 1.82) is 0 Å². The van der Waals surface area contributed by atoms with E-state index in [2.05, 4.69) is 210 Å². The fraction of sp³-hybridized carbons (Fsp3) is 0.0370. The maximum Gasteiger partial charge on any atom is 0.138 e. The van der Waals surface area contributed by atoms with E-state index in [1.165, 1.54) is 55.3 Å². The Bertz CT molecular complexity index is 2980. The lowest BCUT2D eigenvalue weighted by molar-refractivity contribution is 0.923. The molecule has 58 heavy (non-hydrogen) atoms. The quantitative estimate of drug-likeness (QED) is 0.155. The summed E-state index contributed by atoms with van der Waals surface area (Å²) in [6, 6.07) is 69.0. The van der Waals surface area contributed by atoms with E-state index in [1.54, 1.807) is 0 Å². The summed E-state index contributed by atoms with van der Waals surface area (Å²) in [6.07, 6.45) is 7.62. The van der Waals surface area contributed by atoms with Gasteiger partial charge in [0.15, 0.2) is 0 Å². The molecule has 7 aromatic carbocycles. The van der Waals surface area contributed by atoms with Gasteiger partial charge < -0.3 is 4.90 Å². The maximum absolute atomic E-state index is 5.32. The molecule has 4 heteroatoms. The molecule has 0 saturated heterocycles. The third kappa shape index (κ3) is 5.69. The number of nitrogens with zero attached hydrogens (tertiary/aromatic N) is 4. The Balaban J connectivity index is 1.24. The number of rotatable bonds is 8. The average Bonchev–Trinajstić information content (AvgIpc) is 3.30. The smallest absolute Gasteiger partial charge is 0.138 e. The van der Waals surface area contributed by atoms with Crippen molar-refractivity contribution in [3.8, 4) is 11.1 Å². The third-order valence-electron chi connectivity index (χ3n) is 11.6. The highest BCUT2D eigenvalue weighted by atomic mass is 15.2. The molecule has 0 spiro atoms. The van der Waals surface area contributed by atoms with Crippen LogP contribution in [0.5, 0.6) is 0 Å². The van der Waals surface area contributed by atoms with Gasteiger partial charge >= 0.3 is 0 Å². The molecule has 11 rings (SSSR count). The van der Waals surface area contributed by atoms with Crippen LogP contribution < -0.4 is 9.80 Å². The molecule has 9 aromatic rings. The molecule has 0 amide bonds. The zero-order valence-corrected chi connectivity index (χ0v) is 31.8. The second kappa shape index (κ2) is 14.2. The first-order chi connectivity index (χ1) is 28.8. The van der Waals surface area contributed by atoms with E-state index < -0.39 is 0 Å². The number of para-hydroxylation sites is 3. The van der Waals surface area contributed by atoms with Gasteiger partial charge in [0.2, 0.25) is 0 Å². The van der Waals surface area contributed by atoms with Crippen molar-refractivity contribution in [3.63, 3.8) is 0 Å². The lowest BCUT2D eigenvalue weighted by Crippen LogP contribution is -2.34. The molecule has 1 unspecified atom stereocenters. The number of aromatic nitrogens is 2. The normalized spacial score (nSPS) is 14.2. The molecule has 0 bridgehead atoms. The minimum absolute atomic E-state index is 0.130. The van der Waals surface area contributed by atoms with Gasteiger partial charge in [-0.1, -0.05) is 140 Å². The molecule has 0 radical (unpaired) electrons. The number of benzene rings is 7. The van der Waals surface area contributed by atoms with Gasteiger partial charge in [-0.2, -0.15) is 0 Å². The van der Waals surface area contributed by atoms with Crippen molar-refractivity contribution in [2.75, 3.05) is 9.80 Å². The van der Waals surface area contributed by atoms with Crippen LogP contribution in [0, 0.1) is 0 Å². The summed E-state index contributed by atoms with van der Waals surface area (Å²) in [5.74, 6) is 1.78. The molecular formula is C54H38N4. The number of allylic oxidation sites excluding steroid dienone is 1. The second-order valence-corrected chi connectivity index (χ2v) is 14.9. The predicted molar refractivity (Wildman–Crippen MR) is 241 cm³/mol. The summed E-state index contributed by atoms with van der Waals surface area (Å²) in [6.45, 7) is 0. The molecule has 0 saturated carbocycles. The molecule has 2 heterocycles. The molecule has 1 atom stereocenters. The standard InChI is InChI=1S/C54H38N4/c1-5-17-37(18-6-1)46-35-49(57(40-22-9-3-10-23-40)51-27-15-16-34-55-51)44-31-29-43-47(38-19-7-2-8-20-38)36-50(45-32-30-42(46)53(44)54(43)45)58(41-24-11-4-12-25-41)52-33-28-39-21-13-14-26-48(39)56-52/h1-28,30-36,49H,29H2. The zero-order valence-electron chi connectivity index (χ0n) is 31.8. The molecule has 274 valence electrons. The molecule has 4 nitrogen and oxygen atoms in total. The molecule has 0 fully saturated rings. The van der Waals surface area contributed by atoms with Gasteiger partial charge in [0.1, 0.15) is 11.6 Å². The Morgan fingerprint density at radius 1 is 0.534 bits per heavy atom. The molecule has 0 N–H and O–H groups in total. The molecule has 0 aliphatic heterocycles. The van der Waals surface area contributed by atoms with Gasteiger partial charge in [0.25, 0.3) is 0 Å². The largest absolute Gasteiger partial charge is 0.315 e. The van der Waals surface area contributed by atoms with E-state index in [0.29, 0.717) is 0 Å². The van der Waals surface area contributed by atoms with E-state index in [9.17, 15) is 0 Å². The second-order valence-electron chi connectivity index (χ2n) is 14.9. The lowest BCUT2D eigenvalue weighted by atomic mass is 9.73. The van der Waals surface area contributed by atoms with E-state index in [4.69, 9.17) is 9.97 Å². The highest BCUT2D eigenvalue weighted by Gasteiger charge is 2.36. The summed E-state index contributed by atoms with van der Waals surface area (Å²) in [4.78, 5) is 15.0. The first kappa shape index (κ1) is 33.8. The minimum Gasteiger partial charge on any atom is -0.315 e. The zero-order chi connectivity index (χ0) is 38.4. The van der Waals surface area contributed by atoms with Crippen LogP contribution in [0.3, 0.4) is 0 Å². The maximum atomic E-state index is 5.32. The SMILES string of the molecule is C1=C(c2ccccc2)c2ccc3c(N(c4ccccc4)c4ccc5ccccc5n4)cc(-c4ccccc4)c4c3c2C(=CC4)C1N(c1ccccc1)c1ccccn1. The fourth-order valence-electron chi connectivity index (χ4n) is 9.04. The number of hydrogen-bond donors (Lipinski definition) is 0. The molecule has 2 aromatic heterocycles. The highest BCUT2D eigenvalue weighted by molar-refractivity contribution is 6.14. The van der Waals surface area contributed by atoms with Crippen molar-refractivity contribution < 1.29 is 0 Å². The fourth-order valence-corrected chi connectivity index (χ4v) is 9.04. The summed E-state index contributed by atoms with van der Waals surface area (Å²) < 4.78 is 0. The van der Waals surface area contributed by atoms with E-state index in [0.717, 1.165) is 46.0 Å². The number of hydrogen-bond acceptors (Lipinski definition) is 4. The molecule has 2 aliphatic carbocycles. The highest BCUT2D eigenvalue weighted by Crippen LogP contribution is 2.52. The number of pyridine rings is 2. The van der Waals surface area contributed by atoms with Crippen LogP contribution in [0.15, 0.2) is 212 Å². The Kier molecular flexibility index (Phi) is 8.25. The van der Waals surface area contributed by atoms with Crippen LogP contribution >= 0.6 is 0 Å². The predicted octanol–water partition coefficient (Wildman–Crippen LogP) is 13.5. The van der Waals surface area contributed by atoms with Crippen molar-refractivity contribution in [3.05, 3.63) is 235 Å². The summed E-state index contributed by atoms with van der Waals surface area (Å²) in [7, 11) is 0. The van der Waals surface area contributed by atoms with Gasteiger partial charge in [-0.3, -0.25) is 4.90 Å². The Labute approximate surface area is 338 Å². The number of fused-ring (bicyclic) bond motifs is 1. The summed E-state index contributed by atoms with van der Waals surface area (Å²) in [5.41, 5.74) is 14.2. The molecular weight excluding hydrogens is 705 g/mol. The van der Waals surface area contributed by atoms with E-state index >= 15 is 0 Å². The van der Waals surface area contributed by atoms with E-state index in [1.807, 2.05) is 12.3 Å².